The van der Waals surface area contributed by atoms with Crippen LogP contribution in [0.5, 0.6) is 5.75 Å². The summed E-state index contributed by atoms with van der Waals surface area (Å²) < 4.78 is 19.0. The number of halogens is 1. The Kier molecular flexibility index (Phi) is 3.44. The van der Waals surface area contributed by atoms with Crippen LogP contribution in [0, 0.1) is 18.7 Å². The molecule has 2 rings (SSSR count). The van der Waals surface area contributed by atoms with Gasteiger partial charge >= 0.3 is 0 Å². The fourth-order valence-electron chi connectivity index (χ4n) is 2.35. The summed E-state index contributed by atoms with van der Waals surface area (Å²) in [6.07, 6.45) is 1.94. The molecule has 1 N–H and O–H groups in total. The summed E-state index contributed by atoms with van der Waals surface area (Å²) >= 11 is 0. The zero-order valence-electron chi connectivity index (χ0n) is 9.85. The van der Waals surface area contributed by atoms with Gasteiger partial charge < -0.3 is 10.1 Å². The fraction of sp³-hybridized carbons (Fsp3) is 0.538. The molecule has 3 heteroatoms. The largest absolute Gasteiger partial charge is 0.496 e. The van der Waals surface area contributed by atoms with E-state index in [-0.39, 0.29) is 5.82 Å². The fourth-order valence-corrected chi connectivity index (χ4v) is 2.35. The molecule has 0 aromatic heterocycles. The van der Waals surface area contributed by atoms with Gasteiger partial charge in [-0.3, -0.25) is 0 Å². The third kappa shape index (κ3) is 2.19. The summed E-state index contributed by atoms with van der Waals surface area (Å²) in [4.78, 5) is 0. The van der Waals surface area contributed by atoms with Crippen LogP contribution in [0.15, 0.2) is 12.1 Å². The quantitative estimate of drug-likeness (QED) is 0.849. The summed E-state index contributed by atoms with van der Waals surface area (Å²) in [6.45, 7) is 3.98. The molecular weight excluding hydrogens is 205 g/mol. The minimum absolute atomic E-state index is 0.106. The molecule has 0 spiro atoms. The van der Waals surface area contributed by atoms with E-state index in [2.05, 4.69) is 5.32 Å². The van der Waals surface area contributed by atoms with Crippen molar-refractivity contribution >= 4 is 0 Å². The summed E-state index contributed by atoms with van der Waals surface area (Å²) in [7, 11) is 1.63. The molecule has 1 fully saturated rings. The molecule has 1 unspecified atom stereocenters. The van der Waals surface area contributed by atoms with E-state index in [1.54, 1.807) is 13.2 Å². The standard InChI is InChI=1S/C13H18FNO/c1-9-11(7-10-5-6-15-8-10)12(14)3-4-13(9)16-2/h3-4,10,15H,5-8H2,1-2H3. The molecule has 0 saturated carbocycles. The number of ether oxygens (including phenoxy) is 1. The molecule has 16 heavy (non-hydrogen) atoms. The Hall–Kier alpha value is -1.09. The van der Waals surface area contributed by atoms with E-state index in [9.17, 15) is 4.39 Å². The molecule has 1 heterocycles. The molecule has 1 aliphatic rings. The van der Waals surface area contributed by atoms with Crippen LogP contribution < -0.4 is 10.1 Å². The number of rotatable bonds is 3. The van der Waals surface area contributed by atoms with Gasteiger partial charge in [-0.05, 0) is 62.0 Å². The molecule has 1 aromatic carbocycles. The minimum atomic E-state index is -0.106. The van der Waals surface area contributed by atoms with Gasteiger partial charge in [0.1, 0.15) is 11.6 Å². The van der Waals surface area contributed by atoms with Crippen LogP contribution in [0.2, 0.25) is 0 Å². The van der Waals surface area contributed by atoms with Crippen LogP contribution >= 0.6 is 0 Å². The first-order chi connectivity index (χ1) is 7.72. The van der Waals surface area contributed by atoms with Gasteiger partial charge in [-0.2, -0.15) is 0 Å². The van der Waals surface area contributed by atoms with Crippen molar-refractivity contribution in [3.8, 4) is 5.75 Å². The molecule has 1 aliphatic heterocycles. The molecule has 88 valence electrons. The van der Waals surface area contributed by atoms with E-state index in [1.165, 1.54) is 6.07 Å². The van der Waals surface area contributed by atoms with Crippen molar-refractivity contribution in [2.45, 2.75) is 19.8 Å². The average molecular weight is 223 g/mol. The average Bonchev–Trinajstić information content (AvgIpc) is 2.77. The molecule has 2 nitrogen and oxygen atoms in total. The lowest BCUT2D eigenvalue weighted by molar-refractivity contribution is 0.408. The summed E-state index contributed by atoms with van der Waals surface area (Å²) in [6, 6.07) is 3.20. The van der Waals surface area contributed by atoms with Gasteiger partial charge in [0.25, 0.3) is 0 Å². The van der Waals surface area contributed by atoms with Crippen molar-refractivity contribution < 1.29 is 9.13 Å². The van der Waals surface area contributed by atoms with Crippen LogP contribution in [0.3, 0.4) is 0 Å². The van der Waals surface area contributed by atoms with Crippen molar-refractivity contribution in [2.24, 2.45) is 5.92 Å². The van der Waals surface area contributed by atoms with Crippen molar-refractivity contribution in [2.75, 3.05) is 20.2 Å². The van der Waals surface area contributed by atoms with E-state index in [0.29, 0.717) is 5.92 Å². The van der Waals surface area contributed by atoms with E-state index < -0.39 is 0 Å². The molecule has 0 radical (unpaired) electrons. The Labute approximate surface area is 95.8 Å². The van der Waals surface area contributed by atoms with Crippen LogP contribution in [-0.2, 0) is 6.42 Å². The molecular formula is C13H18FNO. The van der Waals surface area contributed by atoms with Crippen LogP contribution in [0.4, 0.5) is 4.39 Å². The maximum Gasteiger partial charge on any atom is 0.126 e. The highest BCUT2D eigenvalue weighted by molar-refractivity contribution is 5.40. The Balaban J connectivity index is 2.23. The van der Waals surface area contributed by atoms with Gasteiger partial charge in [0.05, 0.1) is 7.11 Å². The molecule has 0 amide bonds. The van der Waals surface area contributed by atoms with E-state index in [0.717, 1.165) is 42.8 Å². The first kappa shape index (κ1) is 11.4. The first-order valence-corrected chi connectivity index (χ1v) is 5.75. The first-order valence-electron chi connectivity index (χ1n) is 5.75. The molecule has 1 aromatic rings. The predicted molar refractivity (Wildman–Crippen MR) is 62.4 cm³/mol. The number of benzene rings is 1. The van der Waals surface area contributed by atoms with E-state index in [4.69, 9.17) is 4.74 Å². The Bertz CT molecular complexity index is 372. The maximum atomic E-state index is 13.7. The minimum Gasteiger partial charge on any atom is -0.496 e. The van der Waals surface area contributed by atoms with Gasteiger partial charge in [-0.25, -0.2) is 4.39 Å². The highest BCUT2D eigenvalue weighted by Gasteiger charge is 2.19. The van der Waals surface area contributed by atoms with Crippen LogP contribution in [0.25, 0.3) is 0 Å². The second kappa shape index (κ2) is 4.83. The Morgan fingerprint density at radius 1 is 1.50 bits per heavy atom. The van der Waals surface area contributed by atoms with Gasteiger partial charge in [0.15, 0.2) is 0 Å². The van der Waals surface area contributed by atoms with E-state index in [1.807, 2.05) is 6.92 Å². The molecule has 1 atom stereocenters. The van der Waals surface area contributed by atoms with Crippen LogP contribution in [0.1, 0.15) is 17.5 Å². The Morgan fingerprint density at radius 3 is 2.94 bits per heavy atom. The van der Waals surface area contributed by atoms with Crippen molar-refractivity contribution in [3.63, 3.8) is 0 Å². The van der Waals surface area contributed by atoms with Gasteiger partial charge in [0.2, 0.25) is 0 Å². The lowest BCUT2D eigenvalue weighted by atomic mass is 9.94. The topological polar surface area (TPSA) is 21.3 Å². The zero-order chi connectivity index (χ0) is 11.5. The third-order valence-electron chi connectivity index (χ3n) is 3.37. The molecule has 1 saturated heterocycles. The predicted octanol–water partition coefficient (Wildman–Crippen LogP) is 2.29. The normalized spacial score (nSPS) is 20.1. The molecule has 0 bridgehead atoms. The van der Waals surface area contributed by atoms with Crippen molar-refractivity contribution in [3.05, 3.63) is 29.1 Å². The summed E-state index contributed by atoms with van der Waals surface area (Å²) in [5.41, 5.74) is 1.75. The maximum absolute atomic E-state index is 13.7. The highest BCUT2D eigenvalue weighted by atomic mass is 19.1. The monoisotopic (exact) mass is 223 g/mol. The lowest BCUT2D eigenvalue weighted by Gasteiger charge is -2.14. The van der Waals surface area contributed by atoms with E-state index >= 15 is 0 Å². The molecule has 0 aliphatic carbocycles. The number of nitrogens with one attached hydrogen (secondary N) is 1. The SMILES string of the molecule is COc1ccc(F)c(CC2CCNC2)c1C. The Morgan fingerprint density at radius 2 is 2.31 bits per heavy atom. The number of methoxy groups -OCH3 is 1. The number of hydrogen-bond acceptors (Lipinski definition) is 2. The van der Waals surface area contributed by atoms with Crippen molar-refractivity contribution in [1.82, 2.24) is 5.32 Å². The van der Waals surface area contributed by atoms with Gasteiger partial charge in [-0.15, -0.1) is 0 Å². The smallest absolute Gasteiger partial charge is 0.126 e. The summed E-state index contributed by atoms with van der Waals surface area (Å²) in [5, 5.41) is 3.31. The van der Waals surface area contributed by atoms with Crippen molar-refractivity contribution in [1.29, 1.82) is 0 Å². The highest BCUT2D eigenvalue weighted by Crippen LogP contribution is 2.27. The second-order valence-corrected chi connectivity index (χ2v) is 4.42. The number of hydrogen-bond donors (Lipinski definition) is 1. The van der Waals surface area contributed by atoms with Gasteiger partial charge in [-0.1, -0.05) is 0 Å². The zero-order valence-corrected chi connectivity index (χ0v) is 9.85. The van der Waals surface area contributed by atoms with Crippen LogP contribution in [-0.4, -0.2) is 20.2 Å². The third-order valence-corrected chi connectivity index (χ3v) is 3.37. The lowest BCUT2D eigenvalue weighted by Crippen LogP contribution is -2.12. The second-order valence-electron chi connectivity index (χ2n) is 4.42. The summed E-state index contributed by atoms with van der Waals surface area (Å²) in [5.74, 6) is 1.23. The van der Waals surface area contributed by atoms with Gasteiger partial charge in [0, 0.05) is 0 Å².